The number of ether oxygens (including phenoxy) is 1. The Morgan fingerprint density at radius 2 is 1.81 bits per heavy atom. The van der Waals surface area contributed by atoms with Gasteiger partial charge in [0.05, 0.1) is 5.60 Å². The smallest absolute Gasteiger partial charge is 0.0779 e. The van der Waals surface area contributed by atoms with E-state index >= 15 is 0 Å². The Bertz CT molecular complexity index is 174. The van der Waals surface area contributed by atoms with Crippen LogP contribution in [0, 0.1) is 5.92 Å². The van der Waals surface area contributed by atoms with Crippen LogP contribution in [0.1, 0.15) is 65.2 Å². The third-order valence-electron chi connectivity index (χ3n) is 3.71. The Labute approximate surface area is 109 Å². The molecule has 1 saturated carbocycles. The summed E-state index contributed by atoms with van der Waals surface area (Å²) in [6, 6.07) is 0. The molecule has 0 aromatic rings. The zero-order chi connectivity index (χ0) is 11.9. The van der Waals surface area contributed by atoms with Crippen molar-refractivity contribution in [3.05, 3.63) is 0 Å². The molecule has 96 valence electrons. The number of alkyl halides is 1. The fourth-order valence-corrected chi connectivity index (χ4v) is 3.31. The molecule has 0 aromatic carbocycles. The van der Waals surface area contributed by atoms with E-state index < -0.39 is 0 Å². The summed E-state index contributed by atoms with van der Waals surface area (Å²) >= 11 is 3.67. The molecule has 0 aliphatic heterocycles. The second-order valence-corrected chi connectivity index (χ2v) is 6.00. The minimum atomic E-state index is 0.151. The number of hydrogen-bond acceptors (Lipinski definition) is 1. The van der Waals surface area contributed by atoms with Crippen LogP contribution in [0.15, 0.2) is 0 Å². The Kier molecular flexibility index (Phi) is 6.98. The molecule has 2 heteroatoms. The van der Waals surface area contributed by atoms with E-state index in [1.54, 1.807) is 0 Å². The molecule has 0 aromatic heterocycles. The van der Waals surface area contributed by atoms with Crippen LogP contribution in [0.25, 0.3) is 0 Å². The molecule has 1 atom stereocenters. The summed E-state index contributed by atoms with van der Waals surface area (Å²) in [6.07, 6.45) is 10.5. The third kappa shape index (κ3) is 4.75. The minimum Gasteiger partial charge on any atom is -0.374 e. The Balaban J connectivity index is 2.39. The van der Waals surface area contributed by atoms with Gasteiger partial charge in [-0.25, -0.2) is 0 Å². The molecule has 0 amide bonds. The van der Waals surface area contributed by atoms with Gasteiger partial charge >= 0.3 is 0 Å². The second-order valence-electron chi connectivity index (χ2n) is 5.44. The van der Waals surface area contributed by atoms with E-state index in [0.717, 1.165) is 11.9 Å². The summed E-state index contributed by atoms with van der Waals surface area (Å²) < 4.78 is 6.27. The van der Waals surface area contributed by atoms with Gasteiger partial charge in [0.25, 0.3) is 0 Å². The van der Waals surface area contributed by atoms with Crippen LogP contribution in [-0.2, 0) is 4.74 Å². The molecule has 0 N–H and O–H groups in total. The van der Waals surface area contributed by atoms with Gasteiger partial charge in [0.1, 0.15) is 0 Å². The van der Waals surface area contributed by atoms with Gasteiger partial charge in [-0.3, -0.25) is 0 Å². The van der Waals surface area contributed by atoms with Crippen LogP contribution in [0.5, 0.6) is 0 Å². The maximum Gasteiger partial charge on any atom is 0.0779 e. The molecule has 0 bridgehead atoms. The summed E-state index contributed by atoms with van der Waals surface area (Å²) in [5.74, 6) is 0.712. The molecule has 0 saturated heterocycles. The van der Waals surface area contributed by atoms with Crippen molar-refractivity contribution in [2.24, 2.45) is 5.92 Å². The lowest BCUT2D eigenvalue weighted by Crippen LogP contribution is -2.35. The highest BCUT2D eigenvalue weighted by Gasteiger charge is 2.30. The summed E-state index contributed by atoms with van der Waals surface area (Å²) in [4.78, 5) is 0. The van der Waals surface area contributed by atoms with Crippen molar-refractivity contribution < 1.29 is 4.74 Å². The Hall–Kier alpha value is 0.440. The first-order valence-corrected chi connectivity index (χ1v) is 8.04. The van der Waals surface area contributed by atoms with Crippen molar-refractivity contribution in [3.63, 3.8) is 0 Å². The molecule has 1 aliphatic carbocycles. The molecule has 0 spiro atoms. The second kappa shape index (κ2) is 7.71. The molecule has 16 heavy (non-hydrogen) atoms. The van der Waals surface area contributed by atoms with E-state index in [4.69, 9.17) is 4.74 Å². The van der Waals surface area contributed by atoms with Crippen molar-refractivity contribution in [2.45, 2.75) is 70.8 Å². The topological polar surface area (TPSA) is 9.23 Å². The molecule has 1 unspecified atom stereocenters. The fraction of sp³-hybridized carbons (Fsp3) is 1.00. The van der Waals surface area contributed by atoms with Crippen LogP contribution < -0.4 is 0 Å². The van der Waals surface area contributed by atoms with Gasteiger partial charge in [0.2, 0.25) is 0 Å². The predicted molar refractivity (Wildman–Crippen MR) is 74.3 cm³/mol. The van der Waals surface area contributed by atoms with Crippen molar-refractivity contribution in [3.8, 4) is 0 Å². The number of hydrogen-bond donors (Lipinski definition) is 0. The third-order valence-corrected chi connectivity index (χ3v) is 4.74. The van der Waals surface area contributed by atoms with Crippen LogP contribution in [0.2, 0.25) is 0 Å². The van der Waals surface area contributed by atoms with E-state index in [2.05, 4.69) is 29.8 Å². The zero-order valence-electron chi connectivity index (χ0n) is 10.9. The summed E-state index contributed by atoms with van der Waals surface area (Å²) in [5, 5.41) is 1.01. The molecule has 0 radical (unpaired) electrons. The fourth-order valence-electron chi connectivity index (χ4n) is 2.58. The standard InChI is InChI=1S/C14H27BrO/c1-3-8-13(2)11-16-14(12-15)9-6-4-5-7-10-14/h13H,3-12H2,1-2H3. The lowest BCUT2D eigenvalue weighted by atomic mass is 9.96. The highest BCUT2D eigenvalue weighted by molar-refractivity contribution is 9.09. The number of rotatable bonds is 6. The molecular formula is C14H27BrO. The number of halogens is 1. The SMILES string of the molecule is CCCC(C)COC1(CBr)CCCCCC1. The monoisotopic (exact) mass is 290 g/mol. The summed E-state index contributed by atoms with van der Waals surface area (Å²) in [7, 11) is 0. The Morgan fingerprint density at radius 1 is 1.19 bits per heavy atom. The van der Waals surface area contributed by atoms with Gasteiger partial charge in [0, 0.05) is 11.9 Å². The van der Waals surface area contributed by atoms with Gasteiger partial charge in [-0.15, -0.1) is 0 Å². The summed E-state index contributed by atoms with van der Waals surface area (Å²) in [6.45, 7) is 5.50. The lowest BCUT2D eigenvalue weighted by molar-refractivity contribution is -0.0520. The predicted octanol–water partition coefficient (Wildman–Crippen LogP) is 4.93. The van der Waals surface area contributed by atoms with Gasteiger partial charge in [-0.05, 0) is 25.2 Å². The molecule has 1 aliphatic rings. The largest absolute Gasteiger partial charge is 0.374 e. The van der Waals surface area contributed by atoms with Crippen molar-refractivity contribution >= 4 is 15.9 Å². The van der Waals surface area contributed by atoms with E-state index in [0.29, 0.717) is 5.92 Å². The van der Waals surface area contributed by atoms with E-state index in [1.165, 1.54) is 51.4 Å². The normalized spacial score (nSPS) is 22.7. The van der Waals surface area contributed by atoms with E-state index in [9.17, 15) is 0 Å². The molecule has 1 nitrogen and oxygen atoms in total. The van der Waals surface area contributed by atoms with Gasteiger partial charge in [0.15, 0.2) is 0 Å². The average Bonchev–Trinajstić information content (AvgIpc) is 2.53. The maximum absolute atomic E-state index is 6.27. The molecule has 0 heterocycles. The van der Waals surface area contributed by atoms with Gasteiger partial charge in [-0.1, -0.05) is 61.9 Å². The molecular weight excluding hydrogens is 264 g/mol. The van der Waals surface area contributed by atoms with Crippen molar-refractivity contribution in [1.29, 1.82) is 0 Å². The minimum absolute atomic E-state index is 0.151. The first kappa shape index (κ1) is 14.5. The van der Waals surface area contributed by atoms with Crippen molar-refractivity contribution in [2.75, 3.05) is 11.9 Å². The average molecular weight is 291 g/mol. The zero-order valence-corrected chi connectivity index (χ0v) is 12.5. The summed E-state index contributed by atoms with van der Waals surface area (Å²) in [5.41, 5.74) is 0.151. The first-order valence-electron chi connectivity index (χ1n) is 6.92. The molecule has 1 rings (SSSR count). The maximum atomic E-state index is 6.27. The highest BCUT2D eigenvalue weighted by Crippen LogP contribution is 2.32. The molecule has 1 fully saturated rings. The van der Waals surface area contributed by atoms with Gasteiger partial charge < -0.3 is 4.74 Å². The lowest BCUT2D eigenvalue weighted by Gasteiger charge is -2.32. The van der Waals surface area contributed by atoms with E-state index in [-0.39, 0.29) is 5.60 Å². The first-order chi connectivity index (χ1) is 7.72. The van der Waals surface area contributed by atoms with E-state index in [1.807, 2.05) is 0 Å². The van der Waals surface area contributed by atoms with Crippen LogP contribution >= 0.6 is 15.9 Å². The van der Waals surface area contributed by atoms with Crippen LogP contribution in [-0.4, -0.2) is 17.5 Å². The van der Waals surface area contributed by atoms with Gasteiger partial charge in [-0.2, -0.15) is 0 Å². The Morgan fingerprint density at radius 3 is 2.31 bits per heavy atom. The van der Waals surface area contributed by atoms with Crippen molar-refractivity contribution in [1.82, 2.24) is 0 Å². The van der Waals surface area contributed by atoms with Crippen LogP contribution in [0.4, 0.5) is 0 Å². The highest BCUT2D eigenvalue weighted by atomic mass is 79.9. The van der Waals surface area contributed by atoms with Crippen LogP contribution in [0.3, 0.4) is 0 Å². The quantitative estimate of drug-likeness (QED) is 0.498.